The molecule has 0 aliphatic carbocycles. The fraction of sp³-hybridized carbons (Fsp3) is 0.192. The van der Waals surface area contributed by atoms with Gasteiger partial charge in [0.05, 0.1) is 33.0 Å². The molecule has 0 fully saturated rings. The van der Waals surface area contributed by atoms with E-state index in [9.17, 15) is 5.26 Å². The van der Waals surface area contributed by atoms with E-state index >= 15 is 0 Å². The van der Waals surface area contributed by atoms with Crippen molar-refractivity contribution in [2.24, 2.45) is 0 Å². The number of methoxy groups -OCH3 is 3. The van der Waals surface area contributed by atoms with Gasteiger partial charge in [-0.2, -0.15) is 5.26 Å². The van der Waals surface area contributed by atoms with Gasteiger partial charge in [0.1, 0.15) is 6.61 Å². The maximum absolute atomic E-state index is 9.70. The molecule has 3 aromatic carbocycles. The van der Waals surface area contributed by atoms with Crippen molar-refractivity contribution in [2.75, 3.05) is 21.3 Å². The molecular formula is C26H25NO4. The fourth-order valence-electron chi connectivity index (χ4n) is 3.09. The van der Waals surface area contributed by atoms with Crippen molar-refractivity contribution in [3.05, 3.63) is 82.9 Å². The van der Waals surface area contributed by atoms with E-state index in [-0.39, 0.29) is 0 Å². The van der Waals surface area contributed by atoms with E-state index in [4.69, 9.17) is 18.9 Å². The van der Waals surface area contributed by atoms with Gasteiger partial charge in [0.2, 0.25) is 0 Å². The third-order valence-corrected chi connectivity index (χ3v) is 4.83. The number of hydrogen-bond donors (Lipinski definition) is 0. The van der Waals surface area contributed by atoms with E-state index in [0.29, 0.717) is 35.2 Å². The molecule has 0 saturated carbocycles. The Bertz CT molecular complexity index is 1110. The molecule has 5 heteroatoms. The van der Waals surface area contributed by atoms with Crippen LogP contribution in [0.5, 0.6) is 23.0 Å². The van der Waals surface area contributed by atoms with Gasteiger partial charge in [-0.1, -0.05) is 35.9 Å². The van der Waals surface area contributed by atoms with Crippen LogP contribution < -0.4 is 18.9 Å². The van der Waals surface area contributed by atoms with Gasteiger partial charge in [-0.25, -0.2) is 0 Å². The zero-order valence-electron chi connectivity index (χ0n) is 18.1. The normalized spacial score (nSPS) is 10.9. The Morgan fingerprint density at radius 1 is 0.806 bits per heavy atom. The predicted molar refractivity (Wildman–Crippen MR) is 122 cm³/mol. The van der Waals surface area contributed by atoms with Crippen molar-refractivity contribution in [3.63, 3.8) is 0 Å². The van der Waals surface area contributed by atoms with E-state index in [2.05, 4.69) is 25.1 Å². The standard InChI is InChI=1S/C26H25NO4/c1-18-5-7-19(8-6-18)17-31-24-11-9-20(14-25(24)29-3)13-22(16-27)21-10-12-23(28-2)26(15-21)30-4/h5-15H,17H2,1-4H3/b22-13+. The van der Waals surface area contributed by atoms with Crippen molar-refractivity contribution in [1.29, 1.82) is 5.26 Å². The highest BCUT2D eigenvalue weighted by atomic mass is 16.5. The minimum atomic E-state index is 0.445. The highest BCUT2D eigenvalue weighted by Gasteiger charge is 2.10. The summed E-state index contributed by atoms with van der Waals surface area (Å²) in [5.74, 6) is 2.43. The fourth-order valence-corrected chi connectivity index (χ4v) is 3.09. The minimum Gasteiger partial charge on any atom is -0.493 e. The Balaban J connectivity index is 1.84. The van der Waals surface area contributed by atoms with Crippen LogP contribution in [0, 0.1) is 18.3 Å². The quantitative estimate of drug-likeness (QED) is 0.351. The third kappa shape index (κ3) is 5.37. The molecule has 158 valence electrons. The van der Waals surface area contributed by atoms with Crippen LogP contribution in [-0.2, 0) is 6.61 Å². The van der Waals surface area contributed by atoms with Gasteiger partial charge in [-0.05, 0) is 60.0 Å². The average molecular weight is 415 g/mol. The molecule has 0 aliphatic rings. The van der Waals surface area contributed by atoms with Crippen LogP contribution in [0.3, 0.4) is 0 Å². The lowest BCUT2D eigenvalue weighted by atomic mass is 10.0. The zero-order valence-corrected chi connectivity index (χ0v) is 18.1. The van der Waals surface area contributed by atoms with Crippen molar-refractivity contribution in [2.45, 2.75) is 13.5 Å². The Kier molecular flexibility index (Phi) is 7.18. The number of nitriles is 1. The minimum absolute atomic E-state index is 0.445. The number of nitrogens with zero attached hydrogens (tertiary/aromatic N) is 1. The van der Waals surface area contributed by atoms with E-state index in [0.717, 1.165) is 16.7 Å². The van der Waals surface area contributed by atoms with Gasteiger partial charge >= 0.3 is 0 Å². The van der Waals surface area contributed by atoms with Crippen LogP contribution in [0.15, 0.2) is 60.7 Å². The Morgan fingerprint density at radius 2 is 1.45 bits per heavy atom. The second kappa shape index (κ2) is 10.2. The highest BCUT2D eigenvalue weighted by molar-refractivity contribution is 5.90. The van der Waals surface area contributed by atoms with Crippen LogP contribution in [0.2, 0.25) is 0 Å². The summed E-state index contributed by atoms with van der Waals surface area (Å²) in [5.41, 5.74) is 4.35. The van der Waals surface area contributed by atoms with Gasteiger partial charge in [-0.15, -0.1) is 0 Å². The summed E-state index contributed by atoms with van der Waals surface area (Å²) in [5, 5.41) is 9.70. The lowest BCUT2D eigenvalue weighted by Crippen LogP contribution is -1.98. The Morgan fingerprint density at radius 3 is 2.10 bits per heavy atom. The number of allylic oxidation sites excluding steroid dienone is 1. The first-order valence-electron chi connectivity index (χ1n) is 9.78. The molecule has 0 bridgehead atoms. The second-order valence-corrected chi connectivity index (χ2v) is 6.92. The first-order valence-corrected chi connectivity index (χ1v) is 9.78. The average Bonchev–Trinajstić information content (AvgIpc) is 2.82. The topological polar surface area (TPSA) is 60.7 Å². The SMILES string of the molecule is COc1ccc(/C(C#N)=C/c2ccc(OCc3ccc(C)cc3)c(OC)c2)cc1OC. The second-order valence-electron chi connectivity index (χ2n) is 6.92. The molecule has 0 aliphatic heterocycles. The first-order chi connectivity index (χ1) is 15.1. The number of rotatable bonds is 8. The van der Waals surface area contributed by atoms with Crippen molar-refractivity contribution >= 4 is 11.6 Å². The first kappa shape index (κ1) is 21.8. The van der Waals surface area contributed by atoms with Crippen LogP contribution in [0.1, 0.15) is 22.3 Å². The zero-order chi connectivity index (χ0) is 22.2. The molecule has 0 amide bonds. The van der Waals surface area contributed by atoms with E-state index < -0.39 is 0 Å². The van der Waals surface area contributed by atoms with Crippen molar-refractivity contribution < 1.29 is 18.9 Å². The summed E-state index contributed by atoms with van der Waals surface area (Å²) in [6, 6.07) is 21.4. The van der Waals surface area contributed by atoms with Crippen LogP contribution in [0.25, 0.3) is 11.6 Å². The monoisotopic (exact) mass is 415 g/mol. The molecule has 3 rings (SSSR count). The predicted octanol–water partition coefficient (Wildman–Crippen LogP) is 5.66. The van der Waals surface area contributed by atoms with E-state index in [1.165, 1.54) is 5.56 Å². The van der Waals surface area contributed by atoms with Crippen LogP contribution in [-0.4, -0.2) is 21.3 Å². The highest BCUT2D eigenvalue weighted by Crippen LogP contribution is 2.33. The summed E-state index contributed by atoms with van der Waals surface area (Å²) >= 11 is 0. The maximum Gasteiger partial charge on any atom is 0.161 e. The van der Waals surface area contributed by atoms with Gasteiger partial charge in [0, 0.05) is 0 Å². The molecule has 0 atom stereocenters. The van der Waals surface area contributed by atoms with E-state index in [1.807, 2.05) is 36.4 Å². The number of benzene rings is 3. The largest absolute Gasteiger partial charge is 0.493 e. The summed E-state index contributed by atoms with van der Waals surface area (Å²) in [6.07, 6.45) is 1.80. The molecule has 0 saturated heterocycles. The summed E-state index contributed by atoms with van der Waals surface area (Å²) in [4.78, 5) is 0. The molecular weight excluding hydrogens is 390 g/mol. The molecule has 0 unspecified atom stereocenters. The lowest BCUT2D eigenvalue weighted by Gasteiger charge is -2.12. The molecule has 0 N–H and O–H groups in total. The third-order valence-electron chi connectivity index (χ3n) is 4.83. The van der Waals surface area contributed by atoms with Gasteiger partial charge in [0.15, 0.2) is 23.0 Å². The van der Waals surface area contributed by atoms with Crippen LogP contribution >= 0.6 is 0 Å². The van der Waals surface area contributed by atoms with Crippen molar-refractivity contribution in [1.82, 2.24) is 0 Å². The number of ether oxygens (including phenoxy) is 4. The Hall–Kier alpha value is -3.91. The van der Waals surface area contributed by atoms with Crippen molar-refractivity contribution in [3.8, 4) is 29.1 Å². The van der Waals surface area contributed by atoms with Gasteiger partial charge in [-0.3, -0.25) is 0 Å². The molecule has 5 nitrogen and oxygen atoms in total. The molecule has 0 heterocycles. The van der Waals surface area contributed by atoms with Crippen LogP contribution in [0.4, 0.5) is 0 Å². The lowest BCUT2D eigenvalue weighted by molar-refractivity contribution is 0.284. The van der Waals surface area contributed by atoms with Gasteiger partial charge in [0.25, 0.3) is 0 Å². The van der Waals surface area contributed by atoms with E-state index in [1.54, 1.807) is 39.5 Å². The number of aryl methyl sites for hydroxylation is 1. The summed E-state index contributed by atoms with van der Waals surface area (Å²) in [7, 11) is 4.74. The molecule has 0 spiro atoms. The smallest absolute Gasteiger partial charge is 0.161 e. The molecule has 0 radical (unpaired) electrons. The molecule has 3 aromatic rings. The summed E-state index contributed by atoms with van der Waals surface area (Å²) in [6.45, 7) is 2.50. The molecule has 31 heavy (non-hydrogen) atoms. The molecule has 0 aromatic heterocycles. The van der Waals surface area contributed by atoms with Gasteiger partial charge < -0.3 is 18.9 Å². The maximum atomic E-state index is 9.70. The summed E-state index contributed by atoms with van der Waals surface area (Å²) < 4.78 is 22.1. The number of hydrogen-bond acceptors (Lipinski definition) is 5. The Labute approximate surface area is 183 Å².